The molecule has 5 aliphatic carbocycles. The van der Waals surface area contributed by atoms with Crippen molar-refractivity contribution >= 4 is 18.5 Å². The summed E-state index contributed by atoms with van der Waals surface area (Å²) < 4.78 is 0. The molecule has 7 aliphatic rings. The van der Waals surface area contributed by atoms with Gasteiger partial charge in [0.15, 0.2) is 0 Å². The first kappa shape index (κ1) is 23.6. The lowest BCUT2D eigenvalue weighted by Gasteiger charge is -2.68. The van der Waals surface area contributed by atoms with Crippen LogP contribution in [0.4, 0.5) is 0 Å². The minimum Gasteiger partial charge on any atom is -0.313 e. The average molecular weight is 487 g/mol. The molecule has 0 aromatic rings. The third-order valence-corrected chi connectivity index (χ3v) is 14.3. The molecule has 6 atom stereocenters. The Balaban J connectivity index is 1.44. The van der Waals surface area contributed by atoms with Crippen LogP contribution in [0.25, 0.3) is 0 Å². The summed E-state index contributed by atoms with van der Waals surface area (Å²) in [5.41, 5.74) is 2.42. The molecule has 6 unspecified atom stereocenters. The van der Waals surface area contributed by atoms with Crippen LogP contribution in [-0.2, 0) is 0 Å². The molecule has 0 amide bonds. The molecule has 2 aliphatic heterocycles. The van der Waals surface area contributed by atoms with Crippen molar-refractivity contribution in [3.8, 4) is 0 Å². The summed E-state index contributed by atoms with van der Waals surface area (Å²) in [6.45, 7) is 10.1. The Morgan fingerprint density at radius 2 is 1.36 bits per heavy atom. The van der Waals surface area contributed by atoms with E-state index in [9.17, 15) is 0 Å². The maximum Gasteiger partial charge on any atom is 0.0370 e. The highest BCUT2D eigenvalue weighted by Crippen LogP contribution is 2.72. The van der Waals surface area contributed by atoms with Gasteiger partial charge in [0.05, 0.1) is 0 Å². The molecule has 0 spiro atoms. The summed E-state index contributed by atoms with van der Waals surface area (Å²) in [6, 6.07) is 1.13. The molecule has 0 radical (unpaired) electrons. The second-order valence-corrected chi connectivity index (χ2v) is 15.9. The number of rotatable bonds is 5. The van der Waals surface area contributed by atoms with Crippen LogP contribution in [0.1, 0.15) is 85.0 Å². The van der Waals surface area contributed by atoms with Crippen LogP contribution in [0, 0.1) is 34.5 Å². The fourth-order valence-corrected chi connectivity index (χ4v) is 11.8. The Morgan fingerprint density at radius 1 is 0.848 bits per heavy atom. The zero-order chi connectivity index (χ0) is 23.1. The zero-order valence-corrected chi connectivity index (χ0v) is 23.6. The lowest BCUT2D eigenvalue weighted by molar-refractivity contribution is -0.106. The highest BCUT2D eigenvalue weighted by Gasteiger charge is 2.66. The molecule has 4 heteroatoms. The molecule has 2 N–H and O–H groups in total. The van der Waals surface area contributed by atoms with Gasteiger partial charge in [-0.15, -0.1) is 18.5 Å². The van der Waals surface area contributed by atoms with E-state index in [4.69, 9.17) is 0 Å². The van der Waals surface area contributed by atoms with Gasteiger partial charge in [0.2, 0.25) is 0 Å². The first-order chi connectivity index (χ1) is 15.7. The van der Waals surface area contributed by atoms with Crippen molar-refractivity contribution in [2.45, 2.75) is 107 Å². The topological polar surface area (TPSA) is 24.1 Å². The Bertz CT molecular complexity index is 776. The molecule has 0 aromatic heterocycles. The van der Waals surface area contributed by atoms with Crippen molar-refractivity contribution in [3.63, 3.8) is 0 Å². The minimum atomic E-state index is 0.108. The SMILES string of the molecule is CC(C)(C)C(P)(C1C=CC=C1C(P)(C1CCCN1)C1CCCN1)C12CC3CC(CC(C3)C1)C2. The van der Waals surface area contributed by atoms with Gasteiger partial charge in [-0.05, 0) is 111 Å². The van der Waals surface area contributed by atoms with Crippen LogP contribution in [0.15, 0.2) is 23.8 Å². The van der Waals surface area contributed by atoms with E-state index in [-0.39, 0.29) is 15.7 Å². The van der Waals surface area contributed by atoms with Gasteiger partial charge >= 0.3 is 0 Å². The van der Waals surface area contributed by atoms with E-state index in [0.29, 0.717) is 23.4 Å². The van der Waals surface area contributed by atoms with Crippen LogP contribution < -0.4 is 10.6 Å². The Hall–Kier alpha value is 0.260. The highest BCUT2D eigenvalue weighted by atomic mass is 31.0. The van der Waals surface area contributed by atoms with E-state index >= 15 is 0 Å². The fourth-order valence-electron chi connectivity index (χ4n) is 10.3. The molecule has 2 saturated heterocycles. The lowest BCUT2D eigenvalue weighted by atomic mass is 9.41. The predicted octanol–water partition coefficient (Wildman–Crippen LogP) is 6.09. The maximum absolute atomic E-state index is 3.96. The molecule has 2 heterocycles. The van der Waals surface area contributed by atoms with Gasteiger partial charge in [0, 0.05) is 28.3 Å². The smallest absolute Gasteiger partial charge is 0.0370 e. The number of hydrogen-bond acceptors (Lipinski definition) is 2. The van der Waals surface area contributed by atoms with Crippen molar-refractivity contribution in [2.24, 2.45) is 34.5 Å². The Kier molecular flexibility index (Phi) is 5.83. The summed E-state index contributed by atoms with van der Waals surface area (Å²) in [6.07, 6.45) is 21.9. The van der Waals surface area contributed by atoms with E-state index in [0.717, 1.165) is 17.8 Å². The third kappa shape index (κ3) is 3.40. The molecule has 184 valence electrons. The summed E-state index contributed by atoms with van der Waals surface area (Å²) in [5.74, 6) is 3.49. The normalized spacial score (nSPS) is 45.9. The molecule has 0 aromatic carbocycles. The van der Waals surface area contributed by atoms with E-state index in [2.05, 4.69) is 68.1 Å². The molecular weight excluding hydrogens is 438 g/mol. The van der Waals surface area contributed by atoms with Crippen LogP contribution in [0.2, 0.25) is 0 Å². The maximum atomic E-state index is 3.96. The second kappa shape index (κ2) is 8.13. The Morgan fingerprint density at radius 3 is 1.79 bits per heavy atom. The van der Waals surface area contributed by atoms with Gasteiger partial charge in [0.1, 0.15) is 0 Å². The molecule has 4 bridgehead atoms. The van der Waals surface area contributed by atoms with E-state index in [1.807, 2.05) is 0 Å². The van der Waals surface area contributed by atoms with Gasteiger partial charge in [-0.2, -0.15) is 0 Å². The molecule has 33 heavy (non-hydrogen) atoms. The number of allylic oxidation sites excluding steroid dienone is 3. The zero-order valence-electron chi connectivity index (χ0n) is 21.3. The minimum absolute atomic E-state index is 0.108. The van der Waals surface area contributed by atoms with Crippen molar-refractivity contribution in [2.75, 3.05) is 13.1 Å². The van der Waals surface area contributed by atoms with Crippen molar-refractivity contribution in [1.29, 1.82) is 0 Å². The van der Waals surface area contributed by atoms with Crippen LogP contribution >= 0.6 is 18.5 Å². The van der Waals surface area contributed by atoms with Crippen molar-refractivity contribution < 1.29 is 0 Å². The molecule has 4 saturated carbocycles. The Labute approximate surface area is 207 Å². The third-order valence-electron chi connectivity index (χ3n) is 11.3. The first-order valence-corrected chi connectivity index (χ1v) is 15.3. The largest absolute Gasteiger partial charge is 0.313 e. The van der Waals surface area contributed by atoms with Crippen molar-refractivity contribution in [1.82, 2.24) is 10.6 Å². The molecule has 7 rings (SSSR count). The monoisotopic (exact) mass is 486 g/mol. The van der Waals surface area contributed by atoms with E-state index in [1.165, 1.54) is 77.3 Å². The summed E-state index contributed by atoms with van der Waals surface area (Å²) in [4.78, 5) is 0. The van der Waals surface area contributed by atoms with Crippen LogP contribution in [-0.4, -0.2) is 35.5 Å². The van der Waals surface area contributed by atoms with E-state index in [1.54, 1.807) is 5.57 Å². The first-order valence-electron chi connectivity index (χ1n) is 14.1. The standard InChI is InChI=1S/C29H48N2P2/c1-26(2,3)29(33,27-16-19-13-20(17-27)15-21(14-19)18-27)23-8-4-7-22(23)28(32,24-9-5-11-30-24)25-10-6-12-31-25/h4,7-8,19-21,23-25,30-31H,5-6,9-18,32-33H2,1-3H3. The second-order valence-electron chi connectivity index (χ2n) is 14.0. The van der Waals surface area contributed by atoms with Gasteiger partial charge in [-0.1, -0.05) is 39.0 Å². The highest BCUT2D eigenvalue weighted by molar-refractivity contribution is 7.20. The summed E-state index contributed by atoms with van der Waals surface area (Å²) in [7, 11) is 7.11. The quantitative estimate of drug-likeness (QED) is 0.459. The summed E-state index contributed by atoms with van der Waals surface area (Å²) >= 11 is 0. The van der Waals surface area contributed by atoms with E-state index < -0.39 is 0 Å². The molecule has 2 nitrogen and oxygen atoms in total. The van der Waals surface area contributed by atoms with Gasteiger partial charge < -0.3 is 10.6 Å². The lowest BCUT2D eigenvalue weighted by Crippen LogP contribution is -2.65. The molecule has 6 fully saturated rings. The fraction of sp³-hybridized carbons (Fsp3) is 0.862. The van der Waals surface area contributed by atoms with Crippen molar-refractivity contribution in [3.05, 3.63) is 23.8 Å². The summed E-state index contributed by atoms with van der Waals surface area (Å²) in [5, 5.41) is 8.23. The van der Waals surface area contributed by atoms with Gasteiger partial charge in [-0.25, -0.2) is 0 Å². The van der Waals surface area contributed by atoms with Crippen LogP contribution in [0.5, 0.6) is 0 Å². The van der Waals surface area contributed by atoms with Crippen LogP contribution in [0.3, 0.4) is 0 Å². The van der Waals surface area contributed by atoms with Gasteiger partial charge in [0.25, 0.3) is 0 Å². The molecular formula is C29H48N2P2. The number of nitrogens with one attached hydrogen (secondary N) is 2. The van der Waals surface area contributed by atoms with Gasteiger partial charge in [-0.3, -0.25) is 0 Å². The number of hydrogen-bond donors (Lipinski definition) is 2. The predicted molar refractivity (Wildman–Crippen MR) is 148 cm³/mol. The average Bonchev–Trinajstić information content (AvgIpc) is 3.54.